The first kappa shape index (κ1) is 24.9. The lowest BCUT2D eigenvalue weighted by molar-refractivity contribution is 0.0827. The smallest absolute Gasteiger partial charge is 0.253 e. The Hall–Kier alpha value is -2.09. The van der Waals surface area contributed by atoms with Crippen LogP contribution in [0.3, 0.4) is 0 Å². The van der Waals surface area contributed by atoms with Crippen molar-refractivity contribution in [2.75, 3.05) is 27.7 Å². The summed E-state index contributed by atoms with van der Waals surface area (Å²) >= 11 is 0. The Bertz CT molecular complexity index is 786. The summed E-state index contributed by atoms with van der Waals surface area (Å²) in [6.45, 7) is 5.97. The maximum Gasteiger partial charge on any atom is 0.253 e. The van der Waals surface area contributed by atoms with Crippen molar-refractivity contribution in [1.82, 2.24) is 15.5 Å². The third-order valence-corrected chi connectivity index (χ3v) is 4.55. The topological polar surface area (TPSA) is 56.7 Å². The maximum atomic E-state index is 12.0. The molecule has 158 valence electrons. The summed E-state index contributed by atoms with van der Waals surface area (Å²) in [5.74, 6) is 0.784. The van der Waals surface area contributed by atoms with Gasteiger partial charge in [-0.1, -0.05) is 56.3 Å². The first-order chi connectivity index (χ1) is 13.3. The van der Waals surface area contributed by atoms with E-state index in [-0.39, 0.29) is 35.3 Å². The standard InChI is InChI=1S/C23H32N4O.HI/c1-23(2,15-18-9-7-6-8-10-18)17-26-22(24-3)25-16-19-11-13-20(14-12-19)21(28)27(4)5;/h6-14H,15-17H2,1-5H3,(H2,24,25,26);1H. The number of benzene rings is 2. The number of rotatable bonds is 7. The van der Waals surface area contributed by atoms with Crippen LogP contribution >= 0.6 is 24.0 Å². The molecule has 0 aliphatic carbocycles. The van der Waals surface area contributed by atoms with E-state index in [2.05, 4.69) is 53.7 Å². The molecule has 1 amide bonds. The number of nitrogens with zero attached hydrogens (tertiary/aromatic N) is 2. The van der Waals surface area contributed by atoms with Gasteiger partial charge in [-0.15, -0.1) is 24.0 Å². The summed E-state index contributed by atoms with van der Waals surface area (Å²) in [5.41, 5.74) is 3.23. The highest BCUT2D eigenvalue weighted by Gasteiger charge is 2.19. The molecule has 6 heteroatoms. The van der Waals surface area contributed by atoms with Crippen LogP contribution in [-0.2, 0) is 13.0 Å². The largest absolute Gasteiger partial charge is 0.356 e. The Morgan fingerprint density at radius 3 is 2.14 bits per heavy atom. The highest BCUT2D eigenvalue weighted by Crippen LogP contribution is 2.20. The molecule has 29 heavy (non-hydrogen) atoms. The zero-order valence-electron chi connectivity index (χ0n) is 18.0. The van der Waals surface area contributed by atoms with E-state index < -0.39 is 0 Å². The van der Waals surface area contributed by atoms with E-state index in [0.717, 1.165) is 24.5 Å². The Balaban J connectivity index is 0.00000420. The molecule has 2 rings (SSSR count). The van der Waals surface area contributed by atoms with Gasteiger partial charge in [-0.2, -0.15) is 0 Å². The summed E-state index contributed by atoms with van der Waals surface area (Å²) in [5, 5.41) is 6.76. The van der Waals surface area contributed by atoms with Gasteiger partial charge in [0.25, 0.3) is 5.91 Å². The van der Waals surface area contributed by atoms with E-state index in [1.165, 1.54) is 5.56 Å². The van der Waals surface area contributed by atoms with Crippen LogP contribution in [0.2, 0.25) is 0 Å². The number of halogens is 1. The van der Waals surface area contributed by atoms with Crippen molar-refractivity contribution >= 4 is 35.8 Å². The molecule has 0 heterocycles. The number of carbonyl (C=O) groups is 1. The van der Waals surface area contributed by atoms with Gasteiger partial charge in [0.1, 0.15) is 0 Å². The third kappa shape index (κ3) is 8.43. The fraction of sp³-hybridized carbons (Fsp3) is 0.391. The zero-order chi connectivity index (χ0) is 20.6. The quantitative estimate of drug-likeness (QED) is 0.339. The average Bonchev–Trinajstić information content (AvgIpc) is 2.68. The van der Waals surface area contributed by atoms with Gasteiger partial charge in [0.2, 0.25) is 0 Å². The van der Waals surface area contributed by atoms with Crippen LogP contribution in [0.5, 0.6) is 0 Å². The fourth-order valence-electron chi connectivity index (χ4n) is 2.96. The second kappa shape index (κ2) is 11.8. The van der Waals surface area contributed by atoms with Gasteiger partial charge < -0.3 is 15.5 Å². The van der Waals surface area contributed by atoms with Gasteiger partial charge in [0.15, 0.2) is 5.96 Å². The molecule has 0 bridgehead atoms. The van der Waals surface area contributed by atoms with Crippen molar-refractivity contribution in [3.8, 4) is 0 Å². The number of amides is 1. The van der Waals surface area contributed by atoms with Crippen molar-refractivity contribution in [2.24, 2.45) is 10.4 Å². The minimum atomic E-state index is 0. The minimum Gasteiger partial charge on any atom is -0.356 e. The molecular formula is C23H33IN4O. The first-order valence-corrected chi connectivity index (χ1v) is 9.60. The Kier molecular flexibility index (Phi) is 10.2. The molecule has 0 saturated heterocycles. The first-order valence-electron chi connectivity index (χ1n) is 9.60. The van der Waals surface area contributed by atoms with Gasteiger partial charge in [-0.25, -0.2) is 0 Å². The lowest BCUT2D eigenvalue weighted by Crippen LogP contribution is -2.42. The molecule has 0 saturated carbocycles. The monoisotopic (exact) mass is 508 g/mol. The molecule has 0 aromatic heterocycles. The van der Waals surface area contributed by atoms with Gasteiger partial charge in [-0.3, -0.25) is 9.79 Å². The van der Waals surface area contributed by atoms with Crippen LogP contribution in [0, 0.1) is 5.41 Å². The molecule has 2 aromatic carbocycles. The maximum absolute atomic E-state index is 12.0. The molecule has 5 nitrogen and oxygen atoms in total. The molecule has 0 unspecified atom stereocenters. The normalized spacial score (nSPS) is 11.4. The van der Waals surface area contributed by atoms with E-state index in [9.17, 15) is 4.79 Å². The second-order valence-corrected chi connectivity index (χ2v) is 8.00. The molecule has 0 spiro atoms. The van der Waals surface area contributed by atoms with Crippen LogP contribution in [0.4, 0.5) is 0 Å². The van der Waals surface area contributed by atoms with E-state index >= 15 is 0 Å². The van der Waals surface area contributed by atoms with Crippen LogP contribution in [0.15, 0.2) is 59.6 Å². The molecule has 0 radical (unpaired) electrons. The number of carbonyl (C=O) groups excluding carboxylic acids is 1. The lowest BCUT2D eigenvalue weighted by atomic mass is 9.86. The molecule has 0 atom stereocenters. The number of nitrogens with one attached hydrogen (secondary N) is 2. The van der Waals surface area contributed by atoms with Crippen LogP contribution in [0.1, 0.15) is 35.3 Å². The van der Waals surface area contributed by atoms with E-state index in [0.29, 0.717) is 12.1 Å². The zero-order valence-corrected chi connectivity index (χ0v) is 20.4. The van der Waals surface area contributed by atoms with Crippen LogP contribution in [0.25, 0.3) is 0 Å². The fourth-order valence-corrected chi connectivity index (χ4v) is 2.96. The van der Waals surface area contributed by atoms with Crippen molar-refractivity contribution in [3.63, 3.8) is 0 Å². The van der Waals surface area contributed by atoms with Crippen LogP contribution in [-0.4, -0.2) is 44.5 Å². The van der Waals surface area contributed by atoms with Gasteiger partial charge in [-0.05, 0) is 35.1 Å². The summed E-state index contributed by atoms with van der Waals surface area (Å²) in [4.78, 5) is 17.9. The molecule has 0 aliphatic heterocycles. The number of hydrogen-bond donors (Lipinski definition) is 2. The molecule has 2 N–H and O–H groups in total. The van der Waals surface area contributed by atoms with Crippen molar-refractivity contribution < 1.29 is 4.79 Å². The summed E-state index contributed by atoms with van der Waals surface area (Å²) in [6, 6.07) is 18.2. The van der Waals surface area contributed by atoms with E-state index in [4.69, 9.17) is 0 Å². The van der Waals surface area contributed by atoms with E-state index in [1.807, 2.05) is 30.3 Å². The van der Waals surface area contributed by atoms with Crippen molar-refractivity contribution in [3.05, 3.63) is 71.3 Å². The number of aliphatic imine (C=N–C) groups is 1. The van der Waals surface area contributed by atoms with Crippen molar-refractivity contribution in [1.29, 1.82) is 0 Å². The SMILES string of the molecule is CN=C(NCc1ccc(C(=O)N(C)C)cc1)NCC(C)(C)Cc1ccccc1.I. The van der Waals surface area contributed by atoms with Crippen molar-refractivity contribution in [2.45, 2.75) is 26.8 Å². The van der Waals surface area contributed by atoms with Gasteiger partial charge in [0, 0.05) is 39.8 Å². The summed E-state index contributed by atoms with van der Waals surface area (Å²) in [7, 11) is 5.29. The summed E-state index contributed by atoms with van der Waals surface area (Å²) in [6.07, 6.45) is 0.999. The predicted octanol–water partition coefficient (Wildman–Crippen LogP) is 3.94. The van der Waals surface area contributed by atoms with Gasteiger partial charge >= 0.3 is 0 Å². The second-order valence-electron chi connectivity index (χ2n) is 8.00. The Morgan fingerprint density at radius 2 is 1.59 bits per heavy atom. The molecule has 0 fully saturated rings. The summed E-state index contributed by atoms with van der Waals surface area (Å²) < 4.78 is 0. The molecule has 2 aromatic rings. The lowest BCUT2D eigenvalue weighted by Gasteiger charge is -2.26. The predicted molar refractivity (Wildman–Crippen MR) is 132 cm³/mol. The molecular weight excluding hydrogens is 475 g/mol. The highest BCUT2D eigenvalue weighted by molar-refractivity contribution is 14.0. The third-order valence-electron chi connectivity index (χ3n) is 4.55. The number of hydrogen-bond acceptors (Lipinski definition) is 2. The van der Waals surface area contributed by atoms with Crippen LogP contribution < -0.4 is 10.6 Å². The van der Waals surface area contributed by atoms with E-state index in [1.54, 1.807) is 26.0 Å². The minimum absolute atomic E-state index is 0. The number of guanidine groups is 1. The Morgan fingerprint density at radius 1 is 0.966 bits per heavy atom. The molecule has 0 aliphatic rings. The Labute approximate surface area is 192 Å². The average molecular weight is 508 g/mol. The van der Waals surface area contributed by atoms with Gasteiger partial charge in [0.05, 0.1) is 0 Å². The highest BCUT2D eigenvalue weighted by atomic mass is 127.